The molecule has 0 spiro atoms. The number of hydrogen-bond donors (Lipinski definition) is 0. The predicted octanol–water partition coefficient (Wildman–Crippen LogP) is 9.60. The van der Waals surface area contributed by atoms with Crippen molar-refractivity contribution < 1.29 is 8.83 Å². The van der Waals surface area contributed by atoms with Crippen LogP contribution in [0.25, 0.3) is 77.6 Å². The molecule has 0 saturated heterocycles. The lowest BCUT2D eigenvalue weighted by Gasteiger charge is -2.13. The van der Waals surface area contributed by atoms with Crippen molar-refractivity contribution in [1.82, 2.24) is 15.0 Å². The van der Waals surface area contributed by atoms with Crippen molar-refractivity contribution in [3.63, 3.8) is 0 Å². The molecule has 8 rings (SSSR count). The van der Waals surface area contributed by atoms with Crippen LogP contribution in [0.15, 0.2) is 106 Å². The minimum atomic E-state index is 0.640. The summed E-state index contributed by atoms with van der Waals surface area (Å²) in [5.74, 6) is 0. The first-order valence-corrected chi connectivity index (χ1v) is 13.7. The lowest BCUT2D eigenvalue weighted by atomic mass is 9.93. The van der Waals surface area contributed by atoms with Crippen molar-refractivity contribution in [2.75, 3.05) is 0 Å². The molecule has 0 N–H and O–H groups in total. The molecular weight excluding hydrogens is 506 g/mol. The summed E-state index contributed by atoms with van der Waals surface area (Å²) in [6.07, 6.45) is 3.70. The Hall–Kier alpha value is -5.29. The fourth-order valence-electron chi connectivity index (χ4n) is 5.87. The lowest BCUT2D eigenvalue weighted by molar-refractivity contribution is 0.652. The van der Waals surface area contributed by atoms with Gasteiger partial charge in [0, 0.05) is 45.2 Å². The summed E-state index contributed by atoms with van der Waals surface area (Å²) in [5, 5.41) is 4.18. The van der Waals surface area contributed by atoms with Gasteiger partial charge in [0.1, 0.15) is 11.2 Å². The average molecular weight is 532 g/mol. The van der Waals surface area contributed by atoms with E-state index in [0.717, 1.165) is 71.9 Å². The number of rotatable bonds is 3. The van der Waals surface area contributed by atoms with Crippen molar-refractivity contribution in [2.24, 2.45) is 0 Å². The maximum atomic E-state index is 6.20. The van der Waals surface area contributed by atoms with Crippen LogP contribution in [0.5, 0.6) is 0 Å². The number of para-hydroxylation sites is 1. The number of benzene rings is 3. The second-order valence-corrected chi connectivity index (χ2v) is 10.7. The van der Waals surface area contributed by atoms with Gasteiger partial charge < -0.3 is 8.83 Å². The quantitative estimate of drug-likeness (QED) is 0.227. The molecule has 3 aromatic carbocycles. The smallest absolute Gasteiger partial charge is 0.227 e. The minimum absolute atomic E-state index is 0.640. The van der Waals surface area contributed by atoms with Gasteiger partial charge in [0.2, 0.25) is 11.4 Å². The van der Waals surface area contributed by atoms with Crippen molar-refractivity contribution in [2.45, 2.75) is 20.8 Å². The van der Waals surface area contributed by atoms with E-state index in [1.54, 1.807) is 6.20 Å². The molecule has 0 saturated carbocycles. The minimum Gasteiger partial charge on any atom is -0.438 e. The molecular formula is C36H25N3O2. The first-order valence-electron chi connectivity index (χ1n) is 13.7. The van der Waals surface area contributed by atoms with E-state index >= 15 is 0 Å². The summed E-state index contributed by atoms with van der Waals surface area (Å²) in [6.45, 7) is 6.25. The number of aromatic nitrogens is 3. The Balaban J connectivity index is 1.20. The zero-order chi connectivity index (χ0) is 27.7. The fraction of sp³-hybridized carbons (Fsp3) is 0.0833. The summed E-state index contributed by atoms with van der Waals surface area (Å²) >= 11 is 0. The van der Waals surface area contributed by atoms with Crippen LogP contribution < -0.4 is 0 Å². The molecule has 41 heavy (non-hydrogen) atoms. The third kappa shape index (κ3) is 3.74. The molecule has 0 fully saturated rings. The van der Waals surface area contributed by atoms with Crippen LogP contribution >= 0.6 is 0 Å². The maximum absolute atomic E-state index is 6.20. The molecule has 0 unspecified atom stereocenters. The molecule has 5 aromatic heterocycles. The molecule has 0 radical (unpaired) electrons. The predicted molar refractivity (Wildman–Crippen MR) is 165 cm³/mol. The normalized spacial score (nSPS) is 11.8. The van der Waals surface area contributed by atoms with Crippen molar-refractivity contribution in [3.05, 3.63) is 114 Å². The zero-order valence-electron chi connectivity index (χ0n) is 22.9. The molecule has 0 atom stereocenters. The number of fused-ring (bicyclic) bond motifs is 6. The number of aryl methyl sites for hydroxylation is 3. The maximum Gasteiger partial charge on any atom is 0.227 e. The molecule has 0 aliphatic carbocycles. The van der Waals surface area contributed by atoms with E-state index in [-0.39, 0.29) is 0 Å². The highest BCUT2D eigenvalue weighted by molar-refractivity contribution is 6.08. The Morgan fingerprint density at radius 1 is 0.561 bits per heavy atom. The molecule has 0 amide bonds. The van der Waals surface area contributed by atoms with Gasteiger partial charge in [-0.1, -0.05) is 36.4 Å². The molecule has 0 aliphatic rings. The highest BCUT2D eigenvalue weighted by Gasteiger charge is 2.16. The number of nitrogens with zero attached hydrogens (tertiary/aromatic N) is 3. The second-order valence-electron chi connectivity index (χ2n) is 10.7. The zero-order valence-corrected chi connectivity index (χ0v) is 22.9. The van der Waals surface area contributed by atoms with Gasteiger partial charge >= 0.3 is 0 Å². The molecule has 0 aliphatic heterocycles. The standard InChI is InChI=1S/C36H25N3O2/c1-20-16-23(24-11-14-26-29-12-9-22(3)39-36(29)40-33(26)17-24)10-13-25(20)31-18-32(38-19-21(31)2)30-7-4-6-27-28-8-5-15-37-35(28)41-34(27)30/h4-19H,1-3H3. The van der Waals surface area contributed by atoms with Crippen LogP contribution in [0.3, 0.4) is 0 Å². The van der Waals surface area contributed by atoms with E-state index in [4.69, 9.17) is 13.8 Å². The highest BCUT2D eigenvalue weighted by Crippen LogP contribution is 2.38. The lowest BCUT2D eigenvalue weighted by Crippen LogP contribution is -1.92. The third-order valence-corrected chi connectivity index (χ3v) is 7.98. The van der Waals surface area contributed by atoms with Crippen LogP contribution in [0.2, 0.25) is 0 Å². The van der Waals surface area contributed by atoms with Crippen molar-refractivity contribution >= 4 is 44.1 Å². The van der Waals surface area contributed by atoms with Gasteiger partial charge in [-0.05, 0) is 103 Å². The summed E-state index contributed by atoms with van der Waals surface area (Å²) < 4.78 is 12.3. The van der Waals surface area contributed by atoms with E-state index in [1.807, 2.05) is 31.3 Å². The third-order valence-electron chi connectivity index (χ3n) is 7.98. The van der Waals surface area contributed by atoms with Crippen LogP contribution in [0.4, 0.5) is 0 Å². The Bertz CT molecular complexity index is 2310. The fourth-order valence-corrected chi connectivity index (χ4v) is 5.87. The number of pyridine rings is 3. The van der Waals surface area contributed by atoms with Crippen LogP contribution in [0.1, 0.15) is 16.8 Å². The van der Waals surface area contributed by atoms with Crippen molar-refractivity contribution in [1.29, 1.82) is 0 Å². The summed E-state index contributed by atoms with van der Waals surface area (Å²) in [6, 6.07) is 29.5. The highest BCUT2D eigenvalue weighted by atomic mass is 16.3. The van der Waals surface area contributed by atoms with Crippen LogP contribution in [-0.4, -0.2) is 15.0 Å². The van der Waals surface area contributed by atoms with E-state index in [9.17, 15) is 0 Å². The molecule has 8 aromatic rings. The van der Waals surface area contributed by atoms with Crippen LogP contribution in [-0.2, 0) is 0 Å². The van der Waals surface area contributed by atoms with Gasteiger partial charge in [0.05, 0.1) is 5.69 Å². The number of furan rings is 2. The van der Waals surface area contributed by atoms with Gasteiger partial charge in [-0.25, -0.2) is 9.97 Å². The van der Waals surface area contributed by atoms with Gasteiger partial charge in [-0.15, -0.1) is 0 Å². The summed E-state index contributed by atoms with van der Waals surface area (Å²) in [7, 11) is 0. The molecule has 196 valence electrons. The van der Waals surface area contributed by atoms with Gasteiger partial charge in [-0.2, -0.15) is 0 Å². The molecule has 0 bridgehead atoms. The molecule has 5 heteroatoms. The molecule has 5 nitrogen and oxygen atoms in total. The largest absolute Gasteiger partial charge is 0.438 e. The van der Waals surface area contributed by atoms with E-state index in [2.05, 4.69) is 90.5 Å². The van der Waals surface area contributed by atoms with Gasteiger partial charge in [0.25, 0.3) is 0 Å². The Morgan fingerprint density at radius 2 is 1.37 bits per heavy atom. The van der Waals surface area contributed by atoms with E-state index in [1.165, 1.54) is 11.1 Å². The first kappa shape index (κ1) is 23.6. The van der Waals surface area contributed by atoms with E-state index < -0.39 is 0 Å². The monoisotopic (exact) mass is 531 g/mol. The Kier molecular flexibility index (Phi) is 5.10. The molecule has 5 heterocycles. The Morgan fingerprint density at radius 3 is 2.27 bits per heavy atom. The number of hydrogen-bond acceptors (Lipinski definition) is 5. The second kappa shape index (κ2) is 8.86. The van der Waals surface area contributed by atoms with Gasteiger partial charge in [0.15, 0.2) is 0 Å². The Labute approximate surface area is 236 Å². The van der Waals surface area contributed by atoms with Crippen molar-refractivity contribution in [3.8, 4) is 33.5 Å². The summed E-state index contributed by atoms with van der Waals surface area (Å²) in [4.78, 5) is 13.8. The average Bonchev–Trinajstić information content (AvgIpc) is 3.55. The summed E-state index contributed by atoms with van der Waals surface area (Å²) in [5.41, 5.74) is 12.7. The first-order chi connectivity index (χ1) is 20.0. The van der Waals surface area contributed by atoms with Crippen LogP contribution in [0, 0.1) is 20.8 Å². The van der Waals surface area contributed by atoms with E-state index in [0.29, 0.717) is 11.4 Å². The SMILES string of the molecule is Cc1ccc2c(n1)oc1cc(-c3ccc(-c4cc(-c5cccc6c5oc5ncccc56)ncc4C)c(C)c3)ccc12. The van der Waals surface area contributed by atoms with Gasteiger partial charge in [-0.3, -0.25) is 4.98 Å². The topological polar surface area (TPSA) is 65.0 Å².